The van der Waals surface area contributed by atoms with Gasteiger partial charge in [-0.25, -0.2) is 12.7 Å². The molecular weight excluding hydrogens is 466 g/mol. The third-order valence-electron chi connectivity index (χ3n) is 6.44. The number of Topliss-reactive ketones (excluding diaryl/α,β-unsaturated/α-hetero) is 1. The lowest BCUT2D eigenvalue weighted by Crippen LogP contribution is -2.47. The molecule has 1 aliphatic heterocycles. The molecule has 1 aliphatic rings. The molecule has 35 heavy (non-hydrogen) atoms. The minimum Gasteiger partial charge on any atom is -0.497 e. The number of ketones is 1. The van der Waals surface area contributed by atoms with Gasteiger partial charge in [-0.05, 0) is 61.9 Å². The summed E-state index contributed by atoms with van der Waals surface area (Å²) in [6.45, 7) is 6.70. The number of hydrogen-bond acceptors (Lipinski definition) is 6. The van der Waals surface area contributed by atoms with Crippen LogP contribution in [0, 0.1) is 13.8 Å². The van der Waals surface area contributed by atoms with E-state index in [9.17, 15) is 18.0 Å². The first kappa shape index (κ1) is 26.8. The number of carbonyl (C=O) groups excluding carboxylic acids is 2. The van der Waals surface area contributed by atoms with Crippen LogP contribution in [0.4, 0.5) is 0 Å². The molecule has 0 spiro atoms. The second-order valence-electron chi connectivity index (χ2n) is 9.17. The molecule has 0 atom stereocenters. The van der Waals surface area contributed by atoms with Crippen LogP contribution in [0.1, 0.15) is 33.5 Å². The van der Waals surface area contributed by atoms with E-state index < -0.39 is 10.0 Å². The van der Waals surface area contributed by atoms with E-state index in [1.54, 1.807) is 57.4 Å². The number of aryl methyl sites for hydroxylation is 2. The minimum atomic E-state index is -3.74. The Morgan fingerprint density at radius 3 is 2.11 bits per heavy atom. The normalized spacial score (nSPS) is 14.9. The molecule has 9 heteroatoms. The average Bonchev–Trinajstić information content (AvgIpc) is 2.82. The van der Waals surface area contributed by atoms with Gasteiger partial charge in [0.05, 0.1) is 12.0 Å². The van der Waals surface area contributed by atoms with Gasteiger partial charge in [-0.2, -0.15) is 0 Å². The first-order valence-corrected chi connectivity index (χ1v) is 13.2. The predicted octanol–water partition coefficient (Wildman–Crippen LogP) is 2.52. The molecule has 0 aliphatic carbocycles. The van der Waals surface area contributed by atoms with Crippen LogP contribution in [0.3, 0.4) is 0 Å². The van der Waals surface area contributed by atoms with E-state index in [0.29, 0.717) is 35.5 Å². The van der Waals surface area contributed by atoms with E-state index in [4.69, 9.17) is 4.74 Å². The van der Waals surface area contributed by atoms with E-state index in [1.165, 1.54) is 11.4 Å². The molecule has 3 rings (SSSR count). The zero-order valence-corrected chi connectivity index (χ0v) is 22.0. The van der Waals surface area contributed by atoms with Crippen LogP contribution in [-0.2, 0) is 21.2 Å². The summed E-state index contributed by atoms with van der Waals surface area (Å²) in [5, 5.41) is 0. The maximum absolute atomic E-state index is 13.1. The summed E-state index contributed by atoms with van der Waals surface area (Å²) in [7, 11) is 1.33. The summed E-state index contributed by atoms with van der Waals surface area (Å²) in [4.78, 5) is 29.5. The quantitative estimate of drug-likeness (QED) is 0.525. The molecule has 1 saturated heterocycles. The zero-order valence-electron chi connectivity index (χ0n) is 21.2. The summed E-state index contributed by atoms with van der Waals surface area (Å²) in [6.07, 6.45) is 0.295. The van der Waals surface area contributed by atoms with E-state index in [-0.39, 0.29) is 36.0 Å². The number of sulfonamides is 1. The summed E-state index contributed by atoms with van der Waals surface area (Å²) in [6, 6.07) is 10.5. The van der Waals surface area contributed by atoms with E-state index in [2.05, 4.69) is 4.90 Å². The summed E-state index contributed by atoms with van der Waals surface area (Å²) in [5.41, 5.74) is 2.62. The maximum Gasteiger partial charge on any atom is 0.253 e. The summed E-state index contributed by atoms with van der Waals surface area (Å²) < 4.78 is 32.7. The lowest BCUT2D eigenvalue weighted by Gasteiger charge is -2.32. The minimum absolute atomic E-state index is 0.00641. The molecule has 8 nitrogen and oxygen atoms in total. The maximum atomic E-state index is 13.1. The Labute approximate surface area is 208 Å². The van der Waals surface area contributed by atoms with Gasteiger partial charge in [-0.3, -0.25) is 9.59 Å². The number of carbonyl (C=O) groups is 2. The highest BCUT2D eigenvalue weighted by molar-refractivity contribution is 7.89. The van der Waals surface area contributed by atoms with Crippen LogP contribution in [-0.4, -0.2) is 88.1 Å². The van der Waals surface area contributed by atoms with Gasteiger partial charge < -0.3 is 14.5 Å². The van der Waals surface area contributed by atoms with E-state index in [1.807, 2.05) is 11.9 Å². The standard InChI is InChI=1S/C26H35N3O5S/c1-19-16-24(34-5)17-20(2)25(19)35(32,33)28(4)11-10-23(30)18-21-6-8-22(9-7-21)26(31)29-14-12-27(3)13-15-29/h6-9,16-17H,10-15,18H2,1-5H3. The van der Waals surface area contributed by atoms with Gasteiger partial charge in [0.2, 0.25) is 10.0 Å². The van der Waals surface area contributed by atoms with Crippen molar-refractivity contribution >= 4 is 21.7 Å². The Bertz CT molecular complexity index is 1150. The number of nitrogens with zero attached hydrogens (tertiary/aromatic N) is 3. The fourth-order valence-corrected chi connectivity index (χ4v) is 5.84. The van der Waals surface area contributed by atoms with Crippen LogP contribution in [0.15, 0.2) is 41.3 Å². The smallest absolute Gasteiger partial charge is 0.253 e. The molecule has 0 aromatic heterocycles. The van der Waals surface area contributed by atoms with Crippen molar-refractivity contribution in [2.45, 2.75) is 31.6 Å². The van der Waals surface area contributed by atoms with E-state index in [0.717, 1.165) is 18.7 Å². The molecule has 1 amide bonds. The largest absolute Gasteiger partial charge is 0.497 e. The highest BCUT2D eigenvalue weighted by Crippen LogP contribution is 2.27. The summed E-state index contributed by atoms with van der Waals surface area (Å²) in [5.74, 6) is 0.549. The van der Waals surface area contributed by atoms with Gasteiger partial charge in [0, 0.05) is 58.2 Å². The second kappa shape index (κ2) is 11.3. The second-order valence-corrected chi connectivity index (χ2v) is 11.2. The van der Waals surface area contributed by atoms with Gasteiger partial charge in [0.15, 0.2) is 0 Å². The van der Waals surface area contributed by atoms with Gasteiger partial charge in [-0.15, -0.1) is 0 Å². The Balaban J connectivity index is 1.57. The third kappa shape index (κ3) is 6.48. The topological polar surface area (TPSA) is 87.2 Å². The van der Waals surface area contributed by atoms with Crippen LogP contribution in [0.25, 0.3) is 0 Å². The number of likely N-dealkylation sites (N-methyl/N-ethyl adjacent to an activating group) is 1. The number of rotatable bonds is 9. The number of piperazine rings is 1. The molecule has 0 N–H and O–H groups in total. The molecule has 2 aromatic carbocycles. The number of benzene rings is 2. The van der Waals surface area contributed by atoms with Gasteiger partial charge in [-0.1, -0.05) is 12.1 Å². The van der Waals surface area contributed by atoms with Gasteiger partial charge >= 0.3 is 0 Å². The first-order valence-electron chi connectivity index (χ1n) is 11.7. The van der Waals surface area contributed by atoms with Crippen LogP contribution in [0.5, 0.6) is 5.75 Å². The monoisotopic (exact) mass is 501 g/mol. The van der Waals surface area contributed by atoms with Crippen molar-refractivity contribution in [1.29, 1.82) is 0 Å². The average molecular weight is 502 g/mol. The first-order chi connectivity index (χ1) is 16.5. The highest BCUT2D eigenvalue weighted by atomic mass is 32.2. The molecule has 1 heterocycles. The van der Waals surface area contributed by atoms with Crippen molar-refractivity contribution in [3.63, 3.8) is 0 Å². The van der Waals surface area contributed by atoms with Crippen molar-refractivity contribution in [3.05, 3.63) is 58.7 Å². The zero-order chi connectivity index (χ0) is 25.8. The van der Waals surface area contributed by atoms with Crippen molar-refractivity contribution in [1.82, 2.24) is 14.1 Å². The molecule has 1 fully saturated rings. The van der Waals surface area contributed by atoms with E-state index >= 15 is 0 Å². The van der Waals surface area contributed by atoms with Crippen LogP contribution < -0.4 is 4.74 Å². The molecule has 190 valence electrons. The Morgan fingerprint density at radius 1 is 1.00 bits per heavy atom. The molecule has 0 bridgehead atoms. The van der Waals surface area contributed by atoms with Crippen molar-refractivity contribution in [2.75, 3.05) is 53.9 Å². The number of ether oxygens (including phenoxy) is 1. The Morgan fingerprint density at radius 2 is 1.57 bits per heavy atom. The molecule has 0 saturated carbocycles. The van der Waals surface area contributed by atoms with Gasteiger partial charge in [0.25, 0.3) is 5.91 Å². The number of hydrogen-bond donors (Lipinski definition) is 0. The summed E-state index contributed by atoms with van der Waals surface area (Å²) >= 11 is 0. The molecule has 2 aromatic rings. The SMILES string of the molecule is COc1cc(C)c(S(=O)(=O)N(C)CCC(=O)Cc2ccc(C(=O)N3CCN(C)CC3)cc2)c(C)c1. The lowest BCUT2D eigenvalue weighted by molar-refractivity contribution is -0.118. The number of amides is 1. The molecule has 0 radical (unpaired) electrons. The lowest BCUT2D eigenvalue weighted by atomic mass is 10.0. The fraction of sp³-hybridized carbons (Fsp3) is 0.462. The molecule has 0 unspecified atom stereocenters. The van der Waals surface area contributed by atoms with Crippen molar-refractivity contribution in [2.24, 2.45) is 0 Å². The fourth-order valence-electron chi connectivity index (χ4n) is 4.27. The Kier molecular flexibility index (Phi) is 8.69. The molecular formula is C26H35N3O5S. The predicted molar refractivity (Wildman–Crippen MR) is 135 cm³/mol. The van der Waals surface area contributed by atoms with Crippen LogP contribution >= 0.6 is 0 Å². The Hall–Kier alpha value is -2.75. The van der Waals surface area contributed by atoms with Crippen LogP contribution in [0.2, 0.25) is 0 Å². The van der Waals surface area contributed by atoms with Crippen molar-refractivity contribution in [3.8, 4) is 5.75 Å². The van der Waals surface area contributed by atoms with Gasteiger partial charge in [0.1, 0.15) is 11.5 Å². The van der Waals surface area contributed by atoms with Crippen molar-refractivity contribution < 1.29 is 22.7 Å². The third-order valence-corrected chi connectivity index (χ3v) is 8.60. The number of methoxy groups -OCH3 is 1. The highest BCUT2D eigenvalue weighted by Gasteiger charge is 2.26.